The molecule has 1 fully saturated rings. The van der Waals surface area contributed by atoms with Crippen molar-refractivity contribution in [2.24, 2.45) is 5.73 Å². The summed E-state index contributed by atoms with van der Waals surface area (Å²) in [4.78, 5) is 28.9. The minimum atomic E-state index is -3.97. The van der Waals surface area contributed by atoms with E-state index in [0.29, 0.717) is 31.6 Å². The maximum atomic E-state index is 13.5. The number of fused-ring (bicyclic) bond motifs is 1. The Balaban J connectivity index is 1.36. The Morgan fingerprint density at radius 1 is 0.810 bits per heavy atom. The van der Waals surface area contributed by atoms with Crippen LogP contribution in [0.1, 0.15) is 42.0 Å². The maximum Gasteiger partial charge on any atom is 0.245 e. The summed E-state index contributed by atoms with van der Waals surface area (Å²) in [5.41, 5.74) is 8.27. The van der Waals surface area contributed by atoms with Crippen LogP contribution in [0.15, 0.2) is 102 Å². The number of nitrogens with two attached hydrogens (primary N) is 1. The summed E-state index contributed by atoms with van der Waals surface area (Å²) in [7, 11) is -3.97. The van der Waals surface area contributed by atoms with Crippen LogP contribution in [0.2, 0.25) is 0 Å². The molecular weight excluding hydrogens is 548 g/mol. The molecule has 0 bridgehead atoms. The van der Waals surface area contributed by atoms with Gasteiger partial charge in [0.2, 0.25) is 21.8 Å². The number of hydrogen-bond acceptors (Lipinski definition) is 5. The number of nitrogens with one attached hydrogen (secondary N) is 2. The van der Waals surface area contributed by atoms with Gasteiger partial charge in [-0.05, 0) is 52.4 Å². The van der Waals surface area contributed by atoms with Crippen molar-refractivity contribution >= 4 is 32.6 Å². The highest BCUT2D eigenvalue weighted by molar-refractivity contribution is 7.89. The second-order valence-electron chi connectivity index (χ2n) is 10.7. The molecule has 0 aromatic heterocycles. The van der Waals surface area contributed by atoms with Gasteiger partial charge in [-0.2, -0.15) is 0 Å². The van der Waals surface area contributed by atoms with Crippen LogP contribution >= 0.6 is 0 Å². The fraction of sp³-hybridized carbons (Fsp3) is 0.273. The Morgan fingerprint density at radius 2 is 1.45 bits per heavy atom. The van der Waals surface area contributed by atoms with Crippen LogP contribution in [0.3, 0.4) is 0 Å². The third-order valence-electron chi connectivity index (χ3n) is 7.67. The number of rotatable bonds is 11. The molecular formula is C33H36N4O4S. The van der Waals surface area contributed by atoms with E-state index in [1.54, 1.807) is 47.4 Å². The quantitative estimate of drug-likeness (QED) is 0.246. The van der Waals surface area contributed by atoms with E-state index < -0.39 is 28.0 Å². The molecule has 1 saturated heterocycles. The van der Waals surface area contributed by atoms with E-state index in [4.69, 9.17) is 5.73 Å². The zero-order chi connectivity index (χ0) is 29.5. The molecule has 218 valence electrons. The molecule has 0 radical (unpaired) electrons. The van der Waals surface area contributed by atoms with E-state index in [-0.39, 0.29) is 17.2 Å². The van der Waals surface area contributed by atoms with Crippen molar-refractivity contribution in [1.82, 2.24) is 14.9 Å². The van der Waals surface area contributed by atoms with Gasteiger partial charge in [0.05, 0.1) is 10.9 Å². The van der Waals surface area contributed by atoms with E-state index in [2.05, 4.69) is 10.0 Å². The smallest absolute Gasteiger partial charge is 0.245 e. The van der Waals surface area contributed by atoms with Crippen LogP contribution in [-0.4, -0.2) is 44.3 Å². The SMILES string of the molecule is NCc1ccc(CC(NC(=O)CC(NS(=O)(=O)c2ccc3ccccc3c2)c2ccccc2)C(=O)N2CCCC2)cc1. The zero-order valence-electron chi connectivity index (χ0n) is 23.4. The molecule has 2 atom stereocenters. The molecule has 1 heterocycles. The molecule has 4 aromatic rings. The van der Waals surface area contributed by atoms with E-state index in [0.717, 1.165) is 34.7 Å². The summed E-state index contributed by atoms with van der Waals surface area (Å²) in [5, 5.41) is 4.67. The predicted molar refractivity (Wildman–Crippen MR) is 164 cm³/mol. The molecule has 4 N–H and O–H groups in total. The molecule has 4 aromatic carbocycles. The van der Waals surface area contributed by atoms with Gasteiger partial charge in [0.15, 0.2) is 0 Å². The van der Waals surface area contributed by atoms with Crippen molar-refractivity contribution in [3.8, 4) is 0 Å². The molecule has 2 amide bonds. The third-order valence-corrected chi connectivity index (χ3v) is 9.14. The molecule has 9 heteroatoms. The van der Waals surface area contributed by atoms with Gasteiger partial charge in [-0.25, -0.2) is 13.1 Å². The molecule has 8 nitrogen and oxygen atoms in total. The predicted octanol–water partition coefficient (Wildman–Crippen LogP) is 4.06. The van der Waals surface area contributed by atoms with Crippen LogP contribution in [-0.2, 0) is 32.6 Å². The van der Waals surface area contributed by atoms with Gasteiger partial charge >= 0.3 is 0 Å². The summed E-state index contributed by atoms with van der Waals surface area (Å²) < 4.78 is 29.8. The number of amides is 2. The second kappa shape index (κ2) is 13.3. The molecule has 5 rings (SSSR count). The molecule has 0 aliphatic carbocycles. The molecule has 0 saturated carbocycles. The van der Waals surface area contributed by atoms with Gasteiger partial charge in [-0.3, -0.25) is 9.59 Å². The number of benzene rings is 4. The summed E-state index contributed by atoms with van der Waals surface area (Å²) in [6.07, 6.45) is 2.02. The lowest BCUT2D eigenvalue weighted by atomic mass is 10.0. The summed E-state index contributed by atoms with van der Waals surface area (Å²) >= 11 is 0. The monoisotopic (exact) mass is 584 g/mol. The first-order valence-electron chi connectivity index (χ1n) is 14.2. The second-order valence-corrected chi connectivity index (χ2v) is 12.4. The highest BCUT2D eigenvalue weighted by Crippen LogP contribution is 2.24. The standard InChI is InChI=1S/C33H36N4O4S/c34-23-25-14-12-24(13-15-25)20-31(33(39)37-18-6-7-19-37)35-32(38)22-30(27-9-2-1-3-10-27)36-42(40,41)29-17-16-26-8-4-5-11-28(26)21-29/h1-5,8-17,21,30-31,36H,6-7,18-20,22-23,34H2,(H,35,38). The number of carbonyl (C=O) groups is 2. The Hall–Kier alpha value is -4.05. The zero-order valence-corrected chi connectivity index (χ0v) is 24.2. The Morgan fingerprint density at radius 3 is 2.14 bits per heavy atom. The first kappa shape index (κ1) is 29.4. The lowest BCUT2D eigenvalue weighted by molar-refractivity contribution is -0.135. The topological polar surface area (TPSA) is 122 Å². The minimum Gasteiger partial charge on any atom is -0.344 e. The van der Waals surface area contributed by atoms with Gasteiger partial charge in [-0.15, -0.1) is 0 Å². The fourth-order valence-corrected chi connectivity index (χ4v) is 6.61. The molecule has 42 heavy (non-hydrogen) atoms. The van der Waals surface area contributed by atoms with Gasteiger partial charge in [0, 0.05) is 32.5 Å². The summed E-state index contributed by atoms with van der Waals surface area (Å²) in [6, 6.07) is 27.6. The van der Waals surface area contributed by atoms with Gasteiger partial charge in [0.25, 0.3) is 0 Å². The van der Waals surface area contributed by atoms with Crippen molar-refractivity contribution in [3.63, 3.8) is 0 Å². The Kier molecular flexibility index (Phi) is 9.31. The molecule has 0 spiro atoms. The highest BCUT2D eigenvalue weighted by atomic mass is 32.2. The normalized spacial score (nSPS) is 14.9. The van der Waals surface area contributed by atoms with Crippen molar-refractivity contribution in [3.05, 3.63) is 114 Å². The maximum absolute atomic E-state index is 13.5. The Labute approximate surface area is 247 Å². The number of sulfonamides is 1. The first-order chi connectivity index (χ1) is 20.3. The lowest BCUT2D eigenvalue weighted by Gasteiger charge is -2.25. The largest absolute Gasteiger partial charge is 0.344 e. The molecule has 1 aliphatic rings. The average molecular weight is 585 g/mol. The molecule has 1 aliphatic heterocycles. The van der Waals surface area contributed by atoms with E-state index in [1.165, 1.54) is 0 Å². The summed E-state index contributed by atoms with van der Waals surface area (Å²) in [6.45, 7) is 1.74. The van der Waals surface area contributed by atoms with E-state index >= 15 is 0 Å². The van der Waals surface area contributed by atoms with Crippen molar-refractivity contribution in [2.75, 3.05) is 13.1 Å². The van der Waals surface area contributed by atoms with Crippen LogP contribution in [0.5, 0.6) is 0 Å². The number of nitrogens with zero attached hydrogens (tertiary/aromatic N) is 1. The average Bonchev–Trinajstić information content (AvgIpc) is 3.56. The van der Waals surface area contributed by atoms with Crippen molar-refractivity contribution in [1.29, 1.82) is 0 Å². The third kappa shape index (κ3) is 7.23. The number of carbonyl (C=O) groups excluding carboxylic acids is 2. The van der Waals surface area contributed by atoms with Gasteiger partial charge < -0.3 is 16.0 Å². The van der Waals surface area contributed by atoms with Gasteiger partial charge in [-0.1, -0.05) is 84.9 Å². The van der Waals surface area contributed by atoms with Crippen molar-refractivity contribution in [2.45, 2.75) is 49.2 Å². The van der Waals surface area contributed by atoms with Crippen LogP contribution in [0, 0.1) is 0 Å². The highest BCUT2D eigenvalue weighted by Gasteiger charge is 2.30. The van der Waals surface area contributed by atoms with Crippen LogP contribution < -0.4 is 15.8 Å². The number of hydrogen-bond donors (Lipinski definition) is 3. The molecule has 2 unspecified atom stereocenters. The first-order valence-corrected chi connectivity index (χ1v) is 15.7. The van der Waals surface area contributed by atoms with Crippen LogP contribution in [0.25, 0.3) is 10.8 Å². The number of likely N-dealkylation sites (tertiary alicyclic amines) is 1. The fourth-order valence-electron chi connectivity index (χ4n) is 5.35. The van der Waals surface area contributed by atoms with E-state index in [9.17, 15) is 18.0 Å². The van der Waals surface area contributed by atoms with Crippen LogP contribution in [0.4, 0.5) is 0 Å². The Bertz CT molecular complexity index is 1640. The van der Waals surface area contributed by atoms with Gasteiger partial charge in [0.1, 0.15) is 6.04 Å². The lowest BCUT2D eigenvalue weighted by Crippen LogP contribution is -2.49. The minimum absolute atomic E-state index is 0.116. The summed E-state index contributed by atoms with van der Waals surface area (Å²) in [5.74, 6) is -0.544. The van der Waals surface area contributed by atoms with Crippen molar-refractivity contribution < 1.29 is 18.0 Å². The van der Waals surface area contributed by atoms with E-state index in [1.807, 2.05) is 54.6 Å².